The molecule has 62 valence electrons. The fourth-order valence-electron chi connectivity index (χ4n) is 0.761. The molecule has 0 heterocycles. The van der Waals surface area contributed by atoms with Gasteiger partial charge in [-0.3, -0.25) is 0 Å². The van der Waals surface area contributed by atoms with Crippen LogP contribution in [0.1, 0.15) is 27.7 Å². The van der Waals surface area contributed by atoms with Crippen molar-refractivity contribution in [1.29, 1.82) is 0 Å². The first kappa shape index (κ1) is 9.92. The number of ether oxygens (including phenoxy) is 1. The van der Waals surface area contributed by atoms with Crippen molar-refractivity contribution >= 4 is 0 Å². The molecule has 0 saturated heterocycles. The van der Waals surface area contributed by atoms with Crippen LogP contribution in [0.3, 0.4) is 0 Å². The summed E-state index contributed by atoms with van der Waals surface area (Å²) in [5.41, 5.74) is 0. The minimum absolute atomic E-state index is 0.000000000000000444. The van der Waals surface area contributed by atoms with E-state index in [2.05, 4.69) is 0 Å². The quantitative estimate of drug-likeness (QED) is 0.650. The normalized spacial score (nSPS) is 14.7. The monoisotopic (exact) mass is 146 g/mol. The van der Waals surface area contributed by atoms with Crippen molar-refractivity contribution in [2.45, 2.75) is 39.9 Å². The van der Waals surface area contributed by atoms with E-state index in [1.165, 1.54) is 0 Å². The largest absolute Gasteiger partial charge is 0.394 e. The molecule has 2 heteroatoms. The van der Waals surface area contributed by atoms with Crippen LogP contribution in [0.2, 0.25) is 0 Å². The van der Waals surface area contributed by atoms with Gasteiger partial charge < -0.3 is 9.84 Å². The zero-order valence-electron chi connectivity index (χ0n) is 7.29. The Kier molecular flexibility index (Phi) is 4.65. The van der Waals surface area contributed by atoms with E-state index in [-0.39, 0.29) is 18.8 Å². The SMILES string of the molecule is CC(C)OC(CO)C(C)C. The molecular formula is C8H18O2. The van der Waals surface area contributed by atoms with Crippen LogP contribution in [0.4, 0.5) is 0 Å². The maximum atomic E-state index is 8.82. The third-order valence-electron chi connectivity index (χ3n) is 1.37. The number of hydrogen-bond acceptors (Lipinski definition) is 2. The van der Waals surface area contributed by atoms with Crippen molar-refractivity contribution in [3.8, 4) is 0 Å². The van der Waals surface area contributed by atoms with Gasteiger partial charge >= 0.3 is 0 Å². The minimum atomic E-state index is -0.000000000000000444. The molecule has 0 bridgehead atoms. The van der Waals surface area contributed by atoms with Gasteiger partial charge in [-0.25, -0.2) is 0 Å². The molecule has 2 nitrogen and oxygen atoms in total. The van der Waals surface area contributed by atoms with Gasteiger partial charge in [-0.2, -0.15) is 0 Å². The number of aliphatic hydroxyl groups is 1. The third kappa shape index (κ3) is 3.85. The van der Waals surface area contributed by atoms with Crippen molar-refractivity contribution in [2.24, 2.45) is 5.92 Å². The van der Waals surface area contributed by atoms with E-state index >= 15 is 0 Å². The summed E-state index contributed by atoms with van der Waals surface area (Å²) in [7, 11) is 0. The van der Waals surface area contributed by atoms with E-state index in [1.54, 1.807) is 0 Å². The lowest BCUT2D eigenvalue weighted by atomic mass is 10.1. The van der Waals surface area contributed by atoms with Crippen LogP contribution in [-0.4, -0.2) is 23.9 Å². The topological polar surface area (TPSA) is 29.5 Å². The summed E-state index contributed by atoms with van der Waals surface area (Å²) >= 11 is 0. The van der Waals surface area contributed by atoms with Crippen molar-refractivity contribution in [2.75, 3.05) is 6.61 Å². The zero-order chi connectivity index (χ0) is 8.15. The van der Waals surface area contributed by atoms with Gasteiger partial charge in [0.25, 0.3) is 0 Å². The molecule has 0 rings (SSSR count). The first-order valence-electron chi connectivity index (χ1n) is 3.84. The maximum absolute atomic E-state index is 8.82. The average molecular weight is 146 g/mol. The fourth-order valence-corrected chi connectivity index (χ4v) is 0.761. The van der Waals surface area contributed by atoms with Crippen LogP contribution in [0, 0.1) is 5.92 Å². The molecule has 0 aromatic rings. The summed E-state index contributed by atoms with van der Waals surface area (Å²) in [6, 6.07) is 0. The highest BCUT2D eigenvalue weighted by atomic mass is 16.5. The van der Waals surface area contributed by atoms with Gasteiger partial charge in [-0.1, -0.05) is 13.8 Å². The Balaban J connectivity index is 3.60. The van der Waals surface area contributed by atoms with E-state index in [4.69, 9.17) is 9.84 Å². The predicted molar refractivity (Wildman–Crippen MR) is 41.9 cm³/mol. The molecule has 0 aromatic carbocycles. The highest BCUT2D eigenvalue weighted by Crippen LogP contribution is 2.07. The second kappa shape index (κ2) is 4.69. The van der Waals surface area contributed by atoms with Crippen molar-refractivity contribution in [3.63, 3.8) is 0 Å². The first-order chi connectivity index (χ1) is 4.57. The molecular weight excluding hydrogens is 128 g/mol. The molecule has 1 N–H and O–H groups in total. The fraction of sp³-hybridized carbons (Fsp3) is 1.00. The number of aliphatic hydroxyl groups excluding tert-OH is 1. The molecule has 0 spiro atoms. The van der Waals surface area contributed by atoms with Crippen LogP contribution >= 0.6 is 0 Å². The Bertz CT molecular complexity index is 79.3. The Morgan fingerprint density at radius 3 is 1.80 bits per heavy atom. The zero-order valence-corrected chi connectivity index (χ0v) is 7.29. The highest BCUT2D eigenvalue weighted by molar-refractivity contribution is 4.60. The molecule has 0 amide bonds. The Labute approximate surface area is 63.2 Å². The molecule has 0 aliphatic carbocycles. The highest BCUT2D eigenvalue weighted by Gasteiger charge is 2.13. The average Bonchev–Trinajstić information content (AvgIpc) is 1.81. The van der Waals surface area contributed by atoms with Gasteiger partial charge in [-0.05, 0) is 19.8 Å². The Morgan fingerprint density at radius 1 is 1.20 bits per heavy atom. The Morgan fingerprint density at radius 2 is 1.70 bits per heavy atom. The van der Waals surface area contributed by atoms with Crippen LogP contribution in [0.5, 0.6) is 0 Å². The van der Waals surface area contributed by atoms with Gasteiger partial charge in [0.2, 0.25) is 0 Å². The molecule has 0 saturated carbocycles. The van der Waals surface area contributed by atoms with E-state index in [0.29, 0.717) is 5.92 Å². The van der Waals surface area contributed by atoms with Gasteiger partial charge in [0, 0.05) is 0 Å². The smallest absolute Gasteiger partial charge is 0.0832 e. The molecule has 1 atom stereocenters. The van der Waals surface area contributed by atoms with Gasteiger partial charge in [0.1, 0.15) is 0 Å². The van der Waals surface area contributed by atoms with E-state index < -0.39 is 0 Å². The second-order valence-electron chi connectivity index (χ2n) is 3.15. The van der Waals surface area contributed by atoms with E-state index in [1.807, 2.05) is 27.7 Å². The van der Waals surface area contributed by atoms with Gasteiger partial charge in [-0.15, -0.1) is 0 Å². The maximum Gasteiger partial charge on any atom is 0.0832 e. The summed E-state index contributed by atoms with van der Waals surface area (Å²) in [6.07, 6.45) is 0.208. The first-order valence-corrected chi connectivity index (χ1v) is 3.84. The summed E-state index contributed by atoms with van der Waals surface area (Å²) in [4.78, 5) is 0. The van der Waals surface area contributed by atoms with E-state index in [0.717, 1.165) is 0 Å². The van der Waals surface area contributed by atoms with Crippen LogP contribution < -0.4 is 0 Å². The number of rotatable bonds is 4. The molecule has 10 heavy (non-hydrogen) atoms. The molecule has 0 aliphatic heterocycles. The summed E-state index contributed by atoms with van der Waals surface area (Å²) < 4.78 is 5.41. The van der Waals surface area contributed by atoms with Gasteiger partial charge in [0.05, 0.1) is 18.8 Å². The molecule has 1 unspecified atom stereocenters. The summed E-state index contributed by atoms with van der Waals surface area (Å²) in [5.74, 6) is 0.396. The van der Waals surface area contributed by atoms with Crippen molar-refractivity contribution in [3.05, 3.63) is 0 Å². The lowest BCUT2D eigenvalue weighted by molar-refractivity contribution is -0.0467. The van der Waals surface area contributed by atoms with Crippen LogP contribution in [0.15, 0.2) is 0 Å². The lowest BCUT2D eigenvalue weighted by Crippen LogP contribution is -2.26. The molecule has 0 aliphatic rings. The molecule has 0 aromatic heterocycles. The van der Waals surface area contributed by atoms with Gasteiger partial charge in [0.15, 0.2) is 0 Å². The lowest BCUT2D eigenvalue weighted by Gasteiger charge is -2.21. The van der Waals surface area contributed by atoms with E-state index in [9.17, 15) is 0 Å². The Hall–Kier alpha value is -0.0800. The van der Waals surface area contributed by atoms with Crippen molar-refractivity contribution < 1.29 is 9.84 Å². The minimum Gasteiger partial charge on any atom is -0.394 e. The van der Waals surface area contributed by atoms with Crippen LogP contribution in [-0.2, 0) is 4.74 Å². The van der Waals surface area contributed by atoms with Crippen LogP contribution in [0.25, 0.3) is 0 Å². The van der Waals surface area contributed by atoms with Crippen molar-refractivity contribution in [1.82, 2.24) is 0 Å². The summed E-state index contributed by atoms with van der Waals surface area (Å²) in [6.45, 7) is 8.17. The third-order valence-corrected chi connectivity index (χ3v) is 1.37. The number of hydrogen-bond donors (Lipinski definition) is 1. The molecule has 0 fully saturated rings. The second-order valence-corrected chi connectivity index (χ2v) is 3.15. The molecule has 0 radical (unpaired) electrons. The standard InChI is InChI=1S/C8H18O2/c1-6(2)8(5-9)10-7(3)4/h6-9H,5H2,1-4H3. The summed E-state index contributed by atoms with van der Waals surface area (Å²) in [5, 5.41) is 8.82. The predicted octanol–water partition coefficient (Wildman–Crippen LogP) is 1.43.